The summed E-state index contributed by atoms with van der Waals surface area (Å²) in [5.41, 5.74) is 3.02. The average molecular weight is 342 g/mol. The average Bonchev–Trinajstić information content (AvgIpc) is 2.39. The lowest BCUT2D eigenvalue weighted by atomic mass is 10.1. The Bertz CT molecular complexity index is 596. The molecule has 0 aliphatic heterocycles. The summed E-state index contributed by atoms with van der Waals surface area (Å²) in [5.74, 6) is 0.377. The zero-order valence-electron chi connectivity index (χ0n) is 11.4. The summed E-state index contributed by atoms with van der Waals surface area (Å²) in [5, 5.41) is 5.23. The summed E-state index contributed by atoms with van der Waals surface area (Å²) in [6.45, 7) is 7.38. The third-order valence-corrected chi connectivity index (χ3v) is 4.00. The van der Waals surface area contributed by atoms with Crippen molar-refractivity contribution in [1.29, 1.82) is 0 Å². The first kappa shape index (κ1) is 14.6. The fourth-order valence-electron chi connectivity index (χ4n) is 1.98. The lowest BCUT2D eigenvalue weighted by Crippen LogP contribution is -2.04. The van der Waals surface area contributed by atoms with Gasteiger partial charge in [-0.2, -0.15) is 0 Å². The van der Waals surface area contributed by atoms with E-state index >= 15 is 0 Å². The molecule has 102 valence electrons. The van der Waals surface area contributed by atoms with Gasteiger partial charge in [0.1, 0.15) is 0 Å². The van der Waals surface area contributed by atoms with E-state index in [9.17, 15) is 0 Å². The minimum Gasteiger partial charge on any atom is -0.384 e. The maximum absolute atomic E-state index is 6.30. The molecule has 0 spiro atoms. The Balaban J connectivity index is 2.70. The van der Waals surface area contributed by atoms with Crippen LogP contribution >= 0.6 is 27.5 Å². The Hall–Kier alpha value is -0.800. The second kappa shape index (κ2) is 6.10. The van der Waals surface area contributed by atoms with Crippen LogP contribution in [-0.4, -0.2) is 11.5 Å². The Labute approximate surface area is 127 Å². The van der Waals surface area contributed by atoms with Gasteiger partial charge in [-0.25, -0.2) is 0 Å². The number of benzene rings is 1. The molecule has 4 heteroatoms. The quantitative estimate of drug-likeness (QED) is 0.783. The molecule has 19 heavy (non-hydrogen) atoms. The molecule has 0 saturated carbocycles. The van der Waals surface area contributed by atoms with Crippen LogP contribution in [0, 0.1) is 0 Å². The lowest BCUT2D eigenvalue weighted by Gasteiger charge is -2.15. The second-order valence-corrected chi connectivity index (χ2v) is 6.19. The molecule has 1 aromatic carbocycles. The summed E-state index contributed by atoms with van der Waals surface area (Å²) < 4.78 is 1.02. The summed E-state index contributed by atoms with van der Waals surface area (Å²) >= 11 is 9.90. The van der Waals surface area contributed by atoms with Gasteiger partial charge < -0.3 is 5.32 Å². The molecule has 0 radical (unpaired) electrons. The standard InChI is InChI=1S/C15H18BrClN2/c1-4-7-18-13-8-12(9(2)3)19-15-11(17)6-5-10(16)14(13)15/h5-6,8-9H,4,7H2,1-3H3,(H,18,19). The number of nitrogens with zero attached hydrogens (tertiary/aromatic N) is 1. The van der Waals surface area contributed by atoms with E-state index in [0.717, 1.165) is 39.7 Å². The van der Waals surface area contributed by atoms with Crippen LogP contribution in [0.5, 0.6) is 0 Å². The molecule has 2 rings (SSSR count). The van der Waals surface area contributed by atoms with Crippen molar-refractivity contribution in [1.82, 2.24) is 4.98 Å². The van der Waals surface area contributed by atoms with Crippen LogP contribution in [0.25, 0.3) is 10.9 Å². The third-order valence-electron chi connectivity index (χ3n) is 3.04. The molecule has 0 amide bonds. The summed E-state index contributed by atoms with van der Waals surface area (Å²) in [7, 11) is 0. The topological polar surface area (TPSA) is 24.9 Å². The number of halogens is 2. The van der Waals surface area contributed by atoms with Crippen LogP contribution < -0.4 is 5.32 Å². The number of hydrogen-bond donors (Lipinski definition) is 1. The molecule has 0 atom stereocenters. The first-order chi connectivity index (χ1) is 9.04. The van der Waals surface area contributed by atoms with Gasteiger partial charge in [-0.1, -0.05) is 48.3 Å². The fourth-order valence-corrected chi connectivity index (χ4v) is 2.72. The number of fused-ring (bicyclic) bond motifs is 1. The molecule has 1 N–H and O–H groups in total. The molecule has 0 aliphatic rings. The molecule has 2 aromatic rings. The predicted octanol–water partition coefficient (Wildman–Crippen LogP) is 5.60. The molecule has 0 bridgehead atoms. The molecule has 2 nitrogen and oxygen atoms in total. The molecule has 0 fully saturated rings. The molecule has 0 aliphatic carbocycles. The maximum atomic E-state index is 6.30. The zero-order valence-corrected chi connectivity index (χ0v) is 13.8. The van der Waals surface area contributed by atoms with Gasteiger partial charge in [-0.05, 0) is 30.5 Å². The minimum atomic E-state index is 0.377. The smallest absolute Gasteiger partial charge is 0.0923 e. The lowest BCUT2D eigenvalue weighted by molar-refractivity contribution is 0.829. The van der Waals surface area contributed by atoms with E-state index in [1.807, 2.05) is 12.1 Å². The van der Waals surface area contributed by atoms with Crippen LogP contribution in [0.2, 0.25) is 5.02 Å². The van der Waals surface area contributed by atoms with Gasteiger partial charge in [0.15, 0.2) is 0 Å². The first-order valence-electron chi connectivity index (χ1n) is 6.57. The van der Waals surface area contributed by atoms with Gasteiger partial charge in [0.05, 0.1) is 10.5 Å². The molecule has 1 heterocycles. The normalized spacial score (nSPS) is 11.3. The van der Waals surface area contributed by atoms with E-state index in [1.54, 1.807) is 0 Å². The van der Waals surface area contributed by atoms with Crippen molar-refractivity contribution in [3.8, 4) is 0 Å². The number of hydrogen-bond acceptors (Lipinski definition) is 2. The van der Waals surface area contributed by atoms with Crippen LogP contribution in [0.4, 0.5) is 5.69 Å². The fraction of sp³-hybridized carbons (Fsp3) is 0.400. The number of aromatic nitrogens is 1. The van der Waals surface area contributed by atoms with Gasteiger partial charge in [0, 0.05) is 27.8 Å². The minimum absolute atomic E-state index is 0.377. The third kappa shape index (κ3) is 3.03. The zero-order chi connectivity index (χ0) is 14.0. The summed E-state index contributed by atoms with van der Waals surface area (Å²) in [4.78, 5) is 4.70. The van der Waals surface area contributed by atoms with Crippen LogP contribution in [0.3, 0.4) is 0 Å². The van der Waals surface area contributed by atoms with Crippen LogP contribution in [-0.2, 0) is 0 Å². The van der Waals surface area contributed by atoms with E-state index in [2.05, 4.69) is 48.1 Å². The van der Waals surface area contributed by atoms with Gasteiger partial charge in [0.25, 0.3) is 0 Å². The van der Waals surface area contributed by atoms with Crippen LogP contribution in [0.15, 0.2) is 22.7 Å². The molecular weight excluding hydrogens is 324 g/mol. The highest BCUT2D eigenvalue weighted by Gasteiger charge is 2.13. The van der Waals surface area contributed by atoms with E-state index in [1.165, 1.54) is 0 Å². The van der Waals surface area contributed by atoms with Crippen molar-refractivity contribution in [3.05, 3.63) is 33.4 Å². The summed E-state index contributed by atoms with van der Waals surface area (Å²) in [6.07, 6.45) is 1.08. The maximum Gasteiger partial charge on any atom is 0.0923 e. The molecule has 0 saturated heterocycles. The predicted molar refractivity (Wildman–Crippen MR) is 87.3 cm³/mol. The number of rotatable bonds is 4. The van der Waals surface area contributed by atoms with E-state index < -0.39 is 0 Å². The highest BCUT2D eigenvalue weighted by molar-refractivity contribution is 9.10. The van der Waals surface area contributed by atoms with Gasteiger partial charge in [0.2, 0.25) is 0 Å². The van der Waals surface area contributed by atoms with E-state index in [4.69, 9.17) is 16.6 Å². The number of anilines is 1. The Morgan fingerprint density at radius 3 is 2.74 bits per heavy atom. The van der Waals surface area contributed by atoms with Gasteiger partial charge in [-0.15, -0.1) is 0 Å². The first-order valence-corrected chi connectivity index (χ1v) is 7.74. The molecular formula is C15H18BrClN2. The highest BCUT2D eigenvalue weighted by Crippen LogP contribution is 2.35. The van der Waals surface area contributed by atoms with E-state index in [-0.39, 0.29) is 0 Å². The van der Waals surface area contributed by atoms with Crippen molar-refractivity contribution in [3.63, 3.8) is 0 Å². The van der Waals surface area contributed by atoms with Crippen molar-refractivity contribution in [2.24, 2.45) is 0 Å². The molecule has 1 aromatic heterocycles. The molecule has 0 unspecified atom stereocenters. The number of nitrogens with one attached hydrogen (secondary N) is 1. The van der Waals surface area contributed by atoms with Crippen molar-refractivity contribution < 1.29 is 0 Å². The van der Waals surface area contributed by atoms with Crippen molar-refractivity contribution >= 4 is 44.1 Å². The second-order valence-electron chi connectivity index (χ2n) is 4.93. The highest BCUT2D eigenvalue weighted by atomic mass is 79.9. The SMILES string of the molecule is CCCNc1cc(C(C)C)nc2c(Cl)ccc(Br)c12. The van der Waals surface area contributed by atoms with Gasteiger partial charge in [-0.3, -0.25) is 4.98 Å². The van der Waals surface area contributed by atoms with E-state index in [0.29, 0.717) is 10.9 Å². The van der Waals surface area contributed by atoms with Gasteiger partial charge >= 0.3 is 0 Å². The Morgan fingerprint density at radius 1 is 1.37 bits per heavy atom. The van der Waals surface area contributed by atoms with Crippen molar-refractivity contribution in [2.45, 2.75) is 33.1 Å². The largest absolute Gasteiger partial charge is 0.384 e. The summed E-state index contributed by atoms with van der Waals surface area (Å²) in [6, 6.07) is 5.98. The van der Waals surface area contributed by atoms with Crippen molar-refractivity contribution in [2.75, 3.05) is 11.9 Å². The monoisotopic (exact) mass is 340 g/mol. The van der Waals surface area contributed by atoms with Crippen LogP contribution in [0.1, 0.15) is 38.8 Å². The Morgan fingerprint density at radius 2 is 2.11 bits per heavy atom. The Kier molecular flexibility index (Phi) is 4.69. The number of pyridine rings is 1.